The predicted octanol–water partition coefficient (Wildman–Crippen LogP) is 1.64. The van der Waals surface area contributed by atoms with Crippen molar-refractivity contribution in [2.45, 2.75) is 32.7 Å². The molecule has 124 valence electrons. The van der Waals surface area contributed by atoms with Gasteiger partial charge in [-0.25, -0.2) is 4.79 Å². The van der Waals surface area contributed by atoms with Crippen molar-refractivity contribution in [3.63, 3.8) is 0 Å². The Kier molecular flexibility index (Phi) is 5.44. The molecule has 24 heavy (non-hydrogen) atoms. The lowest BCUT2D eigenvalue weighted by molar-refractivity contribution is -0.144. The zero-order valence-electron chi connectivity index (χ0n) is 13.8. The lowest BCUT2D eigenvalue weighted by Crippen LogP contribution is -2.29. The van der Waals surface area contributed by atoms with E-state index in [9.17, 15) is 14.9 Å². The zero-order valence-corrected chi connectivity index (χ0v) is 13.8. The van der Waals surface area contributed by atoms with E-state index in [-0.39, 0.29) is 12.1 Å². The second-order valence-electron chi connectivity index (χ2n) is 5.65. The third-order valence-electron chi connectivity index (χ3n) is 3.80. The van der Waals surface area contributed by atoms with Crippen LogP contribution in [0.5, 0.6) is 0 Å². The first-order valence-electron chi connectivity index (χ1n) is 7.65. The molecule has 1 aliphatic rings. The first-order valence-corrected chi connectivity index (χ1v) is 7.65. The van der Waals surface area contributed by atoms with Crippen molar-refractivity contribution in [2.75, 3.05) is 13.2 Å². The van der Waals surface area contributed by atoms with Gasteiger partial charge < -0.3 is 14.6 Å². The van der Waals surface area contributed by atoms with Crippen LogP contribution in [-0.4, -0.2) is 29.6 Å². The van der Waals surface area contributed by atoms with Crippen LogP contribution >= 0.6 is 0 Å². The van der Waals surface area contributed by atoms with Crippen LogP contribution in [0.4, 0.5) is 0 Å². The number of aryl methyl sites for hydroxylation is 1. The summed E-state index contributed by atoms with van der Waals surface area (Å²) in [5.74, 6) is 0.904. The molecule has 1 aliphatic carbocycles. The Morgan fingerprint density at radius 1 is 1.50 bits per heavy atom. The lowest BCUT2D eigenvalue weighted by Gasteiger charge is -2.07. The van der Waals surface area contributed by atoms with Gasteiger partial charge in [0.05, 0.1) is 6.54 Å². The van der Waals surface area contributed by atoms with Crippen LogP contribution in [0.25, 0.3) is 6.08 Å². The van der Waals surface area contributed by atoms with E-state index in [0.29, 0.717) is 6.04 Å². The molecule has 2 rings (SSSR count). The molecule has 6 heteroatoms. The Labute approximate surface area is 141 Å². The monoisotopic (exact) mass is 325 g/mol. The van der Waals surface area contributed by atoms with Crippen LogP contribution in [0.15, 0.2) is 11.6 Å². The van der Waals surface area contributed by atoms with E-state index in [2.05, 4.69) is 15.8 Å². The summed E-state index contributed by atoms with van der Waals surface area (Å²) in [4.78, 5) is 23.3. The standard InChI is InChI=1S/C18H19N3O3/c1-4-7-20-17(22)11-24-18(23)15(10-19)9-14-8-12(2)21(13(14)3)16-5-6-16/h1,8-9,16H,5-7,11H2,2-3H3,(H,20,22)/b15-9+. The molecule has 0 aliphatic heterocycles. The van der Waals surface area contributed by atoms with Crippen molar-refractivity contribution in [1.82, 2.24) is 9.88 Å². The van der Waals surface area contributed by atoms with Crippen LogP contribution in [0.2, 0.25) is 0 Å². The largest absolute Gasteiger partial charge is 0.451 e. The van der Waals surface area contributed by atoms with E-state index in [1.54, 1.807) is 0 Å². The molecule has 1 saturated carbocycles. The highest BCUT2D eigenvalue weighted by molar-refractivity contribution is 5.99. The first-order chi connectivity index (χ1) is 11.5. The Morgan fingerprint density at radius 3 is 2.79 bits per heavy atom. The first kappa shape index (κ1) is 17.4. The van der Waals surface area contributed by atoms with Crippen LogP contribution in [0.3, 0.4) is 0 Å². The number of carbonyl (C=O) groups is 2. The minimum absolute atomic E-state index is 0.0600. The molecule has 0 unspecified atom stereocenters. The number of aromatic nitrogens is 1. The summed E-state index contributed by atoms with van der Waals surface area (Å²) in [6.07, 6.45) is 8.82. The van der Waals surface area contributed by atoms with Gasteiger partial charge in [-0.1, -0.05) is 5.92 Å². The van der Waals surface area contributed by atoms with Gasteiger partial charge in [0.15, 0.2) is 6.61 Å². The summed E-state index contributed by atoms with van der Waals surface area (Å²) in [5, 5.41) is 11.6. The number of nitriles is 1. The number of nitrogens with one attached hydrogen (secondary N) is 1. The summed E-state index contributed by atoms with van der Waals surface area (Å²) in [5.41, 5.74) is 2.78. The Balaban J connectivity index is 2.08. The highest BCUT2D eigenvalue weighted by Gasteiger charge is 2.27. The number of hydrogen-bond donors (Lipinski definition) is 1. The lowest BCUT2D eigenvalue weighted by atomic mass is 10.1. The minimum Gasteiger partial charge on any atom is -0.451 e. The number of nitrogens with zero attached hydrogens (tertiary/aromatic N) is 2. The van der Waals surface area contributed by atoms with Gasteiger partial charge in [-0.05, 0) is 44.4 Å². The van der Waals surface area contributed by atoms with Crippen molar-refractivity contribution in [2.24, 2.45) is 0 Å². The molecule has 6 nitrogen and oxygen atoms in total. The van der Waals surface area contributed by atoms with E-state index in [4.69, 9.17) is 11.2 Å². The number of amides is 1. The van der Waals surface area contributed by atoms with Crippen molar-refractivity contribution < 1.29 is 14.3 Å². The minimum atomic E-state index is -0.829. The molecule has 1 fully saturated rings. The van der Waals surface area contributed by atoms with Gasteiger partial charge in [0.25, 0.3) is 5.91 Å². The summed E-state index contributed by atoms with van der Waals surface area (Å²) in [7, 11) is 0. The second kappa shape index (κ2) is 7.52. The van der Waals surface area contributed by atoms with Crippen LogP contribution in [0.1, 0.15) is 35.8 Å². The van der Waals surface area contributed by atoms with E-state index >= 15 is 0 Å². The molecule has 0 bridgehead atoms. The summed E-state index contributed by atoms with van der Waals surface area (Å²) < 4.78 is 7.07. The fourth-order valence-electron chi connectivity index (χ4n) is 2.55. The van der Waals surface area contributed by atoms with Gasteiger partial charge in [0.2, 0.25) is 0 Å². The average molecular weight is 325 g/mol. The fourth-order valence-corrected chi connectivity index (χ4v) is 2.55. The quantitative estimate of drug-likeness (QED) is 0.373. The summed E-state index contributed by atoms with van der Waals surface area (Å²) in [6.45, 7) is 3.55. The van der Waals surface area contributed by atoms with Crippen LogP contribution in [-0.2, 0) is 14.3 Å². The molecule has 0 radical (unpaired) electrons. The van der Waals surface area contributed by atoms with Gasteiger partial charge in [0.1, 0.15) is 11.6 Å². The van der Waals surface area contributed by atoms with Crippen molar-refractivity contribution in [3.05, 3.63) is 28.6 Å². The Hall–Kier alpha value is -2.99. The molecule has 0 atom stereocenters. The topological polar surface area (TPSA) is 84.1 Å². The third-order valence-corrected chi connectivity index (χ3v) is 3.80. The maximum atomic E-state index is 12.0. The van der Waals surface area contributed by atoms with E-state index in [1.807, 2.05) is 26.0 Å². The Bertz CT molecular complexity index is 771. The second-order valence-corrected chi connectivity index (χ2v) is 5.65. The molecular weight excluding hydrogens is 306 g/mol. The summed E-state index contributed by atoms with van der Waals surface area (Å²) in [6, 6.07) is 4.29. The molecular formula is C18H19N3O3. The molecule has 1 aromatic heterocycles. The van der Waals surface area contributed by atoms with Crippen molar-refractivity contribution >= 4 is 18.0 Å². The zero-order chi connectivity index (χ0) is 17.7. The van der Waals surface area contributed by atoms with Gasteiger partial charge in [-0.3, -0.25) is 4.79 Å². The SMILES string of the molecule is C#CCNC(=O)COC(=O)/C(C#N)=C/c1cc(C)n(C2CC2)c1C. The molecule has 0 spiro atoms. The third kappa shape index (κ3) is 4.05. The van der Waals surface area contributed by atoms with Crippen molar-refractivity contribution in [1.29, 1.82) is 5.26 Å². The highest BCUT2D eigenvalue weighted by Crippen LogP contribution is 2.38. The van der Waals surface area contributed by atoms with Crippen LogP contribution in [0, 0.1) is 37.5 Å². The number of carbonyl (C=O) groups excluding carboxylic acids is 2. The number of ether oxygens (including phenoxy) is 1. The molecule has 1 heterocycles. The predicted molar refractivity (Wildman–Crippen MR) is 88.6 cm³/mol. The number of rotatable bonds is 6. The molecule has 1 amide bonds. The van der Waals surface area contributed by atoms with Crippen LogP contribution < -0.4 is 5.32 Å². The molecule has 1 N–H and O–H groups in total. The smallest absolute Gasteiger partial charge is 0.349 e. The van der Waals surface area contributed by atoms with E-state index < -0.39 is 18.5 Å². The average Bonchev–Trinajstić information content (AvgIpc) is 3.34. The molecule has 0 saturated heterocycles. The number of esters is 1. The van der Waals surface area contributed by atoms with Gasteiger partial charge in [-0.15, -0.1) is 6.42 Å². The summed E-state index contributed by atoms with van der Waals surface area (Å²) >= 11 is 0. The molecule has 1 aromatic rings. The van der Waals surface area contributed by atoms with Gasteiger partial charge >= 0.3 is 5.97 Å². The van der Waals surface area contributed by atoms with Gasteiger partial charge in [0, 0.05) is 17.4 Å². The number of hydrogen-bond acceptors (Lipinski definition) is 4. The highest BCUT2D eigenvalue weighted by atomic mass is 16.5. The maximum Gasteiger partial charge on any atom is 0.349 e. The van der Waals surface area contributed by atoms with Gasteiger partial charge in [-0.2, -0.15) is 5.26 Å². The van der Waals surface area contributed by atoms with E-state index in [1.165, 1.54) is 6.08 Å². The van der Waals surface area contributed by atoms with E-state index in [0.717, 1.165) is 29.8 Å². The van der Waals surface area contributed by atoms with Crippen molar-refractivity contribution in [3.8, 4) is 18.4 Å². The fraction of sp³-hybridized carbons (Fsp3) is 0.389. The number of terminal acetylenes is 1. The maximum absolute atomic E-state index is 12.0. The molecule has 0 aromatic carbocycles. The Morgan fingerprint density at radius 2 is 2.21 bits per heavy atom. The normalized spacial score (nSPS) is 13.8.